The van der Waals surface area contributed by atoms with Crippen molar-refractivity contribution in [3.63, 3.8) is 0 Å². The van der Waals surface area contributed by atoms with E-state index in [0.29, 0.717) is 0 Å². The molecule has 0 aromatic rings. The molecule has 0 aromatic carbocycles. The Morgan fingerprint density at radius 3 is 1.75 bits per heavy atom. The lowest BCUT2D eigenvalue weighted by Gasteiger charge is -2.25. The molecule has 0 N–H and O–H groups in total. The molecule has 1 fully saturated rings. The third-order valence-corrected chi connectivity index (χ3v) is 7.17. The summed E-state index contributed by atoms with van der Waals surface area (Å²) in [6, 6.07) is 0. The largest absolute Gasteiger partial charge is 0.245 e. The van der Waals surface area contributed by atoms with E-state index in [-0.39, 0.29) is 17.8 Å². The van der Waals surface area contributed by atoms with Gasteiger partial charge in [0.2, 0.25) is 0 Å². The number of hydrogen-bond acceptors (Lipinski definition) is 2. The first-order chi connectivity index (χ1) is 7.05. The third kappa shape index (κ3) is 1.69. The summed E-state index contributed by atoms with van der Waals surface area (Å²) in [5, 5.41) is -0.544. The van der Waals surface area contributed by atoms with Crippen molar-refractivity contribution >= 4 is 9.84 Å². The Morgan fingerprint density at radius 2 is 1.50 bits per heavy atom. The summed E-state index contributed by atoms with van der Waals surface area (Å²) in [7, 11) is -3.38. The SMILES string of the molecule is CC(C)C1C(C(C)C)S(=O)(=O)C(C)(C)[C@@H]1F. The molecule has 2 nitrogen and oxygen atoms in total. The van der Waals surface area contributed by atoms with Crippen LogP contribution in [0.15, 0.2) is 0 Å². The summed E-state index contributed by atoms with van der Waals surface area (Å²) in [5.74, 6) is -0.351. The fourth-order valence-corrected chi connectivity index (χ4v) is 5.62. The molecule has 16 heavy (non-hydrogen) atoms. The van der Waals surface area contributed by atoms with E-state index in [9.17, 15) is 12.8 Å². The lowest BCUT2D eigenvalue weighted by atomic mass is 9.80. The molecular formula is C12H23FO2S. The zero-order valence-corrected chi connectivity index (χ0v) is 11.8. The fourth-order valence-electron chi connectivity index (χ4n) is 2.86. The van der Waals surface area contributed by atoms with Crippen LogP contribution in [0.3, 0.4) is 0 Å². The van der Waals surface area contributed by atoms with Crippen LogP contribution in [0.4, 0.5) is 4.39 Å². The highest BCUT2D eigenvalue weighted by atomic mass is 32.2. The number of halogens is 1. The maximum Gasteiger partial charge on any atom is 0.161 e. The van der Waals surface area contributed by atoms with Crippen LogP contribution in [0.25, 0.3) is 0 Å². The molecule has 0 aromatic heterocycles. The highest BCUT2D eigenvalue weighted by molar-refractivity contribution is 7.93. The van der Waals surface area contributed by atoms with E-state index >= 15 is 0 Å². The van der Waals surface area contributed by atoms with E-state index < -0.39 is 26.0 Å². The fraction of sp³-hybridized carbons (Fsp3) is 1.00. The standard InChI is InChI=1S/C12H23FO2S/c1-7(2)9-10(8(3)4)16(14,15)12(5,6)11(9)13/h7-11H,1-6H3/t9?,10?,11-/m1/s1. The maximum atomic E-state index is 14.3. The van der Waals surface area contributed by atoms with Crippen molar-refractivity contribution in [3.05, 3.63) is 0 Å². The van der Waals surface area contributed by atoms with Gasteiger partial charge in [-0.05, 0) is 25.7 Å². The van der Waals surface area contributed by atoms with Gasteiger partial charge in [0.1, 0.15) is 6.17 Å². The summed E-state index contributed by atoms with van der Waals surface area (Å²) < 4.78 is 37.8. The number of hydrogen-bond donors (Lipinski definition) is 0. The first-order valence-corrected chi connectivity index (χ1v) is 7.47. The Balaban J connectivity index is 3.34. The molecule has 96 valence electrons. The second kappa shape index (κ2) is 3.97. The number of rotatable bonds is 2. The van der Waals surface area contributed by atoms with Gasteiger partial charge in [-0.15, -0.1) is 0 Å². The van der Waals surface area contributed by atoms with Crippen LogP contribution < -0.4 is 0 Å². The van der Waals surface area contributed by atoms with Crippen LogP contribution >= 0.6 is 0 Å². The van der Waals surface area contributed by atoms with Crippen molar-refractivity contribution in [3.8, 4) is 0 Å². The van der Waals surface area contributed by atoms with E-state index in [1.54, 1.807) is 0 Å². The summed E-state index contributed by atoms with van der Waals surface area (Å²) >= 11 is 0. The molecule has 0 spiro atoms. The average molecular weight is 250 g/mol. The second-order valence-corrected chi connectivity index (χ2v) is 8.77. The topological polar surface area (TPSA) is 34.1 Å². The molecule has 1 rings (SSSR count). The van der Waals surface area contributed by atoms with Crippen LogP contribution in [0.2, 0.25) is 0 Å². The van der Waals surface area contributed by atoms with Gasteiger partial charge in [0.15, 0.2) is 9.84 Å². The molecule has 2 unspecified atom stereocenters. The third-order valence-electron chi connectivity index (χ3n) is 3.90. The minimum absolute atomic E-state index is 0.0302. The van der Waals surface area contributed by atoms with Crippen molar-refractivity contribution in [2.24, 2.45) is 17.8 Å². The van der Waals surface area contributed by atoms with E-state index in [4.69, 9.17) is 0 Å². The van der Waals surface area contributed by atoms with Gasteiger partial charge in [0.05, 0.1) is 10.00 Å². The first kappa shape index (κ1) is 13.9. The minimum atomic E-state index is -3.38. The van der Waals surface area contributed by atoms with Crippen LogP contribution in [0, 0.1) is 17.8 Å². The summed E-state index contributed by atoms with van der Waals surface area (Å²) in [6.07, 6.45) is -1.26. The van der Waals surface area contributed by atoms with Gasteiger partial charge >= 0.3 is 0 Å². The van der Waals surface area contributed by atoms with Gasteiger partial charge in [-0.3, -0.25) is 0 Å². The van der Waals surface area contributed by atoms with Gasteiger partial charge in [-0.25, -0.2) is 12.8 Å². The average Bonchev–Trinajstić information content (AvgIpc) is 2.22. The molecule has 0 aliphatic carbocycles. The number of sulfone groups is 1. The maximum absolute atomic E-state index is 14.3. The molecule has 1 saturated heterocycles. The Bertz CT molecular complexity index is 357. The zero-order valence-electron chi connectivity index (χ0n) is 11.0. The van der Waals surface area contributed by atoms with Crippen molar-refractivity contribution in [1.82, 2.24) is 0 Å². The monoisotopic (exact) mass is 250 g/mol. The highest BCUT2D eigenvalue weighted by Crippen LogP contribution is 2.48. The molecular weight excluding hydrogens is 227 g/mol. The Kier molecular flexibility index (Phi) is 3.46. The molecule has 1 heterocycles. The lowest BCUT2D eigenvalue weighted by molar-refractivity contribution is 0.153. The molecule has 1 aliphatic heterocycles. The zero-order chi connectivity index (χ0) is 12.9. The predicted molar refractivity (Wildman–Crippen MR) is 64.8 cm³/mol. The van der Waals surface area contributed by atoms with E-state index in [2.05, 4.69) is 0 Å². The second-order valence-electron chi connectivity index (χ2n) is 6.08. The van der Waals surface area contributed by atoms with Gasteiger partial charge in [0.25, 0.3) is 0 Å². The normalized spacial score (nSPS) is 37.2. The van der Waals surface area contributed by atoms with Gasteiger partial charge in [-0.2, -0.15) is 0 Å². The van der Waals surface area contributed by atoms with Crippen molar-refractivity contribution in [1.29, 1.82) is 0 Å². The Hall–Kier alpha value is -0.120. The lowest BCUT2D eigenvalue weighted by Crippen LogP contribution is -2.37. The summed E-state index contributed by atoms with van der Waals surface area (Å²) in [5.41, 5.74) is 0. The van der Waals surface area contributed by atoms with Crippen LogP contribution in [-0.4, -0.2) is 24.6 Å². The molecule has 0 radical (unpaired) electrons. The molecule has 1 aliphatic rings. The first-order valence-electron chi connectivity index (χ1n) is 5.92. The van der Waals surface area contributed by atoms with E-state index in [0.717, 1.165) is 0 Å². The smallest absolute Gasteiger partial charge is 0.161 e. The quantitative estimate of drug-likeness (QED) is 0.755. The minimum Gasteiger partial charge on any atom is -0.245 e. The van der Waals surface area contributed by atoms with Gasteiger partial charge < -0.3 is 0 Å². The van der Waals surface area contributed by atoms with E-state index in [1.165, 1.54) is 13.8 Å². The van der Waals surface area contributed by atoms with Crippen molar-refractivity contribution in [2.45, 2.75) is 57.7 Å². The van der Waals surface area contributed by atoms with Crippen molar-refractivity contribution < 1.29 is 12.8 Å². The van der Waals surface area contributed by atoms with Gasteiger partial charge in [0, 0.05) is 5.92 Å². The van der Waals surface area contributed by atoms with E-state index in [1.807, 2.05) is 27.7 Å². The van der Waals surface area contributed by atoms with Crippen molar-refractivity contribution in [2.75, 3.05) is 0 Å². The summed E-state index contributed by atoms with van der Waals surface area (Å²) in [4.78, 5) is 0. The van der Waals surface area contributed by atoms with Crippen LogP contribution in [0.1, 0.15) is 41.5 Å². The Morgan fingerprint density at radius 1 is 1.06 bits per heavy atom. The van der Waals surface area contributed by atoms with Crippen LogP contribution in [-0.2, 0) is 9.84 Å². The van der Waals surface area contributed by atoms with Gasteiger partial charge in [-0.1, -0.05) is 27.7 Å². The predicted octanol–water partition coefficient (Wildman–Crippen LogP) is 2.83. The summed E-state index contributed by atoms with van der Waals surface area (Å²) in [6.45, 7) is 10.6. The van der Waals surface area contributed by atoms with Crippen LogP contribution in [0.5, 0.6) is 0 Å². The Labute approximate surface area is 98.5 Å². The number of alkyl halides is 1. The molecule has 4 heteroatoms. The molecule has 3 atom stereocenters. The molecule has 0 saturated carbocycles. The highest BCUT2D eigenvalue weighted by Gasteiger charge is 2.61. The molecule has 0 bridgehead atoms. The molecule has 0 amide bonds.